The van der Waals surface area contributed by atoms with E-state index in [1.54, 1.807) is 0 Å². The van der Waals surface area contributed by atoms with E-state index >= 15 is 0 Å². The minimum atomic E-state index is 0.668. The van der Waals surface area contributed by atoms with Gasteiger partial charge in [-0.25, -0.2) is 9.97 Å². The summed E-state index contributed by atoms with van der Waals surface area (Å²) in [5, 5.41) is 3.47. The fourth-order valence-corrected chi connectivity index (χ4v) is 7.24. The molecule has 0 amide bonds. The quantitative estimate of drug-likeness (QED) is 0.188. The van der Waals surface area contributed by atoms with Gasteiger partial charge in [-0.1, -0.05) is 121 Å². The number of para-hydroxylation sites is 3. The smallest absolute Gasteiger partial charge is 0.180 e. The van der Waals surface area contributed by atoms with Crippen LogP contribution in [-0.4, -0.2) is 14.5 Å². The molecule has 3 aromatic heterocycles. The Labute approximate surface area is 288 Å². The largest absolute Gasteiger partial charge is 0.452 e. The van der Waals surface area contributed by atoms with Gasteiger partial charge in [0.1, 0.15) is 16.8 Å². The summed E-state index contributed by atoms with van der Waals surface area (Å²) in [6.45, 7) is 0. The molecular weight excluding hydrogens is 611 g/mol. The number of aromatic nitrogens is 3. The van der Waals surface area contributed by atoms with Crippen molar-refractivity contribution in [2.75, 3.05) is 0 Å². The highest BCUT2D eigenvalue weighted by atomic mass is 16.3. The summed E-state index contributed by atoms with van der Waals surface area (Å²) in [5.74, 6) is 0.668. The highest BCUT2D eigenvalue weighted by Crippen LogP contribution is 2.38. The molecule has 0 unspecified atom stereocenters. The van der Waals surface area contributed by atoms with E-state index in [-0.39, 0.29) is 0 Å². The Morgan fingerprint density at radius 1 is 0.400 bits per heavy atom. The second-order valence-electron chi connectivity index (χ2n) is 12.6. The van der Waals surface area contributed by atoms with Gasteiger partial charge in [-0.3, -0.25) is 0 Å². The van der Waals surface area contributed by atoms with Crippen LogP contribution < -0.4 is 0 Å². The SMILES string of the molecule is c1ccc(-c2nc(-c3cccc(-c4cccc(-c5ccc6c(c5)c5ccccc5n6-c5ccccc5)c4)c3)nc3c2oc2ccccc23)cc1. The number of hydrogen-bond donors (Lipinski definition) is 0. The Kier molecular flexibility index (Phi) is 6.46. The average Bonchev–Trinajstić information content (AvgIpc) is 3.74. The van der Waals surface area contributed by atoms with E-state index < -0.39 is 0 Å². The van der Waals surface area contributed by atoms with Crippen LogP contribution in [0.2, 0.25) is 0 Å². The molecule has 10 rings (SSSR count). The second kappa shape index (κ2) is 11.4. The molecule has 234 valence electrons. The van der Waals surface area contributed by atoms with Crippen LogP contribution in [0.25, 0.3) is 94.5 Å². The van der Waals surface area contributed by atoms with E-state index in [1.165, 1.54) is 32.9 Å². The molecular formula is C46H29N3O. The van der Waals surface area contributed by atoms with Crippen LogP contribution in [0.4, 0.5) is 0 Å². The Bertz CT molecular complexity index is 2870. The predicted molar refractivity (Wildman–Crippen MR) is 205 cm³/mol. The van der Waals surface area contributed by atoms with Crippen LogP contribution in [0.3, 0.4) is 0 Å². The van der Waals surface area contributed by atoms with Crippen LogP contribution >= 0.6 is 0 Å². The summed E-state index contributed by atoms with van der Waals surface area (Å²) in [4.78, 5) is 10.2. The van der Waals surface area contributed by atoms with E-state index in [4.69, 9.17) is 14.4 Å². The molecule has 50 heavy (non-hydrogen) atoms. The van der Waals surface area contributed by atoms with Crippen molar-refractivity contribution >= 4 is 43.9 Å². The lowest BCUT2D eigenvalue weighted by atomic mass is 9.97. The summed E-state index contributed by atoms with van der Waals surface area (Å²) in [7, 11) is 0. The van der Waals surface area contributed by atoms with Crippen LogP contribution in [0.5, 0.6) is 0 Å². The number of hydrogen-bond acceptors (Lipinski definition) is 3. The van der Waals surface area contributed by atoms with Gasteiger partial charge in [0, 0.05) is 33.0 Å². The lowest BCUT2D eigenvalue weighted by Gasteiger charge is -2.10. The van der Waals surface area contributed by atoms with Crippen LogP contribution in [0, 0.1) is 0 Å². The minimum absolute atomic E-state index is 0.668. The third-order valence-corrected chi connectivity index (χ3v) is 9.60. The Morgan fingerprint density at radius 3 is 1.76 bits per heavy atom. The lowest BCUT2D eigenvalue weighted by Crippen LogP contribution is -1.94. The normalized spacial score (nSPS) is 11.6. The van der Waals surface area contributed by atoms with Gasteiger partial charge in [-0.05, 0) is 76.9 Å². The molecule has 0 N–H and O–H groups in total. The van der Waals surface area contributed by atoms with Crippen LogP contribution in [0.1, 0.15) is 0 Å². The number of nitrogens with zero attached hydrogens (tertiary/aromatic N) is 3. The minimum Gasteiger partial charge on any atom is -0.452 e. The number of rotatable bonds is 5. The molecule has 0 saturated heterocycles. The maximum absolute atomic E-state index is 6.32. The molecule has 0 fully saturated rings. The summed E-state index contributed by atoms with van der Waals surface area (Å²) in [6, 6.07) is 61.6. The first-order valence-electron chi connectivity index (χ1n) is 16.8. The van der Waals surface area contributed by atoms with Crippen molar-refractivity contribution in [3.63, 3.8) is 0 Å². The number of benzene rings is 7. The van der Waals surface area contributed by atoms with Gasteiger partial charge in [0.15, 0.2) is 11.4 Å². The average molecular weight is 640 g/mol. The third kappa shape index (κ3) is 4.61. The molecule has 3 heterocycles. The molecule has 4 nitrogen and oxygen atoms in total. The zero-order chi connectivity index (χ0) is 33.0. The highest BCUT2D eigenvalue weighted by molar-refractivity contribution is 6.10. The van der Waals surface area contributed by atoms with Gasteiger partial charge >= 0.3 is 0 Å². The Hall–Kier alpha value is -6.78. The van der Waals surface area contributed by atoms with Crippen molar-refractivity contribution in [1.29, 1.82) is 0 Å². The van der Waals surface area contributed by atoms with Crippen LogP contribution in [-0.2, 0) is 0 Å². The van der Waals surface area contributed by atoms with Gasteiger partial charge in [-0.2, -0.15) is 0 Å². The Morgan fingerprint density at radius 2 is 0.980 bits per heavy atom. The van der Waals surface area contributed by atoms with Crippen molar-refractivity contribution in [1.82, 2.24) is 14.5 Å². The first kappa shape index (κ1) is 28.3. The van der Waals surface area contributed by atoms with E-state index in [2.05, 4.69) is 144 Å². The monoisotopic (exact) mass is 639 g/mol. The number of furan rings is 1. The molecule has 10 aromatic rings. The maximum atomic E-state index is 6.32. The maximum Gasteiger partial charge on any atom is 0.180 e. The topological polar surface area (TPSA) is 43.9 Å². The van der Waals surface area contributed by atoms with Crippen molar-refractivity contribution in [2.24, 2.45) is 0 Å². The van der Waals surface area contributed by atoms with Crippen molar-refractivity contribution in [3.8, 4) is 50.6 Å². The summed E-state index contributed by atoms with van der Waals surface area (Å²) >= 11 is 0. The number of fused-ring (bicyclic) bond motifs is 6. The fraction of sp³-hybridized carbons (Fsp3) is 0. The summed E-state index contributed by atoms with van der Waals surface area (Å²) < 4.78 is 8.68. The van der Waals surface area contributed by atoms with Gasteiger partial charge in [0.2, 0.25) is 0 Å². The molecule has 4 heteroatoms. The fourth-order valence-electron chi connectivity index (χ4n) is 7.24. The first-order valence-corrected chi connectivity index (χ1v) is 16.8. The Balaban J connectivity index is 1.08. The molecule has 0 aliphatic heterocycles. The van der Waals surface area contributed by atoms with E-state index in [1.807, 2.05) is 36.4 Å². The zero-order valence-corrected chi connectivity index (χ0v) is 27.0. The molecule has 0 bridgehead atoms. The van der Waals surface area contributed by atoms with E-state index in [9.17, 15) is 0 Å². The standard InChI is InChI=1S/C46H29N3O/c1-3-13-30(14-4-1)43-45-44(38-22-8-10-24-42(38)50-45)48-46(47-43)35-18-12-17-33(28-35)31-15-11-16-32(27-31)34-25-26-41-39(29-34)37-21-7-9-23-40(37)49(41)36-19-5-2-6-20-36/h1-29H. The summed E-state index contributed by atoms with van der Waals surface area (Å²) in [5.41, 5.74) is 13.2. The van der Waals surface area contributed by atoms with Gasteiger partial charge in [-0.15, -0.1) is 0 Å². The molecule has 0 aliphatic rings. The van der Waals surface area contributed by atoms with Gasteiger partial charge in [0.05, 0.1) is 11.0 Å². The molecule has 0 atom stereocenters. The molecule has 0 aliphatic carbocycles. The first-order chi connectivity index (χ1) is 24.8. The third-order valence-electron chi connectivity index (χ3n) is 9.60. The molecule has 0 spiro atoms. The predicted octanol–water partition coefficient (Wildman–Crippen LogP) is 12.1. The summed E-state index contributed by atoms with van der Waals surface area (Å²) in [6.07, 6.45) is 0. The lowest BCUT2D eigenvalue weighted by molar-refractivity contribution is 0.667. The van der Waals surface area contributed by atoms with Gasteiger partial charge < -0.3 is 8.98 Å². The van der Waals surface area contributed by atoms with E-state index in [0.717, 1.165) is 50.1 Å². The van der Waals surface area contributed by atoms with Crippen molar-refractivity contribution in [2.45, 2.75) is 0 Å². The molecule has 7 aromatic carbocycles. The van der Waals surface area contributed by atoms with Crippen molar-refractivity contribution < 1.29 is 4.42 Å². The second-order valence-corrected chi connectivity index (χ2v) is 12.6. The van der Waals surface area contributed by atoms with E-state index in [0.29, 0.717) is 11.4 Å². The molecule has 0 radical (unpaired) electrons. The van der Waals surface area contributed by atoms with Crippen LogP contribution in [0.15, 0.2) is 180 Å². The zero-order valence-electron chi connectivity index (χ0n) is 27.0. The molecule has 0 saturated carbocycles. The van der Waals surface area contributed by atoms with Crippen molar-refractivity contribution in [3.05, 3.63) is 176 Å². The van der Waals surface area contributed by atoms with Gasteiger partial charge in [0.25, 0.3) is 0 Å². The highest BCUT2D eigenvalue weighted by Gasteiger charge is 2.18.